The van der Waals surface area contributed by atoms with Crippen LogP contribution in [0.1, 0.15) is 47.0 Å². The summed E-state index contributed by atoms with van der Waals surface area (Å²) in [6, 6.07) is 0. The maximum absolute atomic E-state index is 11.5. The number of ether oxygens (including phenoxy) is 1. The van der Waals surface area contributed by atoms with E-state index in [1.54, 1.807) is 6.92 Å². The first-order valence-corrected chi connectivity index (χ1v) is 5.73. The van der Waals surface area contributed by atoms with Gasteiger partial charge in [-0.1, -0.05) is 6.42 Å². The zero-order valence-electron chi connectivity index (χ0n) is 10.6. The van der Waals surface area contributed by atoms with Gasteiger partial charge >= 0.3 is 6.09 Å². The molecule has 0 aliphatic heterocycles. The predicted octanol–water partition coefficient (Wildman–Crippen LogP) is 2.27. The van der Waals surface area contributed by atoms with E-state index in [0.717, 1.165) is 19.3 Å². The lowest BCUT2D eigenvalue weighted by molar-refractivity contribution is -0.130. The highest BCUT2D eigenvalue weighted by Crippen LogP contribution is 2.41. The standard InChI is InChI=1S/C12H21NO3/c1-9(14)12(6-5-7-12)8-13-10(15)16-11(2,3)4/h5-8H2,1-4H3,(H,13,15). The molecule has 4 heteroatoms. The number of alkyl carbamates (subject to hydrolysis) is 1. The van der Waals surface area contributed by atoms with Gasteiger partial charge in [0.15, 0.2) is 0 Å². The summed E-state index contributed by atoms with van der Waals surface area (Å²) in [6.07, 6.45) is 2.37. The lowest BCUT2D eigenvalue weighted by Crippen LogP contribution is -2.47. The monoisotopic (exact) mass is 227 g/mol. The fourth-order valence-corrected chi connectivity index (χ4v) is 1.81. The molecule has 4 nitrogen and oxygen atoms in total. The van der Waals surface area contributed by atoms with Gasteiger partial charge in [-0.2, -0.15) is 0 Å². The van der Waals surface area contributed by atoms with Gasteiger partial charge in [-0.3, -0.25) is 4.79 Å². The van der Waals surface area contributed by atoms with Crippen molar-refractivity contribution in [2.24, 2.45) is 5.41 Å². The van der Waals surface area contributed by atoms with Crippen LogP contribution in [0.4, 0.5) is 4.79 Å². The van der Waals surface area contributed by atoms with E-state index in [1.807, 2.05) is 20.8 Å². The molecule has 0 aromatic heterocycles. The van der Waals surface area contributed by atoms with Gasteiger partial charge in [0.1, 0.15) is 11.4 Å². The molecular formula is C12H21NO3. The molecule has 1 rings (SSSR count). The van der Waals surface area contributed by atoms with Crippen LogP contribution in [0.25, 0.3) is 0 Å². The number of carbonyl (C=O) groups is 2. The average molecular weight is 227 g/mol. The summed E-state index contributed by atoms with van der Waals surface area (Å²) in [7, 11) is 0. The third-order valence-corrected chi connectivity index (χ3v) is 3.03. The molecule has 0 heterocycles. The first-order chi connectivity index (χ1) is 7.25. The molecule has 16 heavy (non-hydrogen) atoms. The quantitative estimate of drug-likeness (QED) is 0.804. The van der Waals surface area contributed by atoms with Crippen molar-refractivity contribution in [2.45, 2.75) is 52.6 Å². The van der Waals surface area contributed by atoms with Crippen molar-refractivity contribution in [3.63, 3.8) is 0 Å². The third kappa shape index (κ3) is 3.22. The molecule has 1 N–H and O–H groups in total. The fraction of sp³-hybridized carbons (Fsp3) is 0.833. The first kappa shape index (κ1) is 13.0. The van der Waals surface area contributed by atoms with Crippen molar-refractivity contribution in [3.05, 3.63) is 0 Å². The molecule has 0 atom stereocenters. The number of nitrogens with one attached hydrogen (secondary N) is 1. The van der Waals surface area contributed by atoms with Crippen LogP contribution in [-0.2, 0) is 9.53 Å². The molecule has 92 valence electrons. The van der Waals surface area contributed by atoms with Gasteiger partial charge in [0.05, 0.1) is 0 Å². The second kappa shape index (κ2) is 4.44. The summed E-state index contributed by atoms with van der Waals surface area (Å²) in [5.74, 6) is 0.162. The number of ketones is 1. The topological polar surface area (TPSA) is 55.4 Å². The molecule has 1 saturated carbocycles. The molecule has 1 aliphatic rings. The Bertz CT molecular complexity index is 287. The van der Waals surface area contributed by atoms with Gasteiger partial charge in [-0.15, -0.1) is 0 Å². The second-order valence-electron chi connectivity index (χ2n) is 5.55. The van der Waals surface area contributed by atoms with Gasteiger partial charge in [0.25, 0.3) is 0 Å². The molecule has 0 unspecified atom stereocenters. The van der Waals surface area contributed by atoms with Crippen LogP contribution in [0, 0.1) is 5.41 Å². The highest BCUT2D eigenvalue weighted by molar-refractivity contribution is 5.84. The number of amides is 1. The summed E-state index contributed by atoms with van der Waals surface area (Å²) in [6.45, 7) is 7.44. The van der Waals surface area contributed by atoms with Crippen molar-refractivity contribution >= 4 is 11.9 Å². The lowest BCUT2D eigenvalue weighted by Gasteiger charge is -2.39. The van der Waals surface area contributed by atoms with Crippen LogP contribution in [-0.4, -0.2) is 24.0 Å². The van der Waals surface area contributed by atoms with E-state index in [4.69, 9.17) is 4.74 Å². The SMILES string of the molecule is CC(=O)C1(CNC(=O)OC(C)(C)C)CCC1. The van der Waals surface area contributed by atoms with Crippen molar-refractivity contribution in [1.29, 1.82) is 0 Å². The van der Waals surface area contributed by atoms with Crippen molar-refractivity contribution < 1.29 is 14.3 Å². The van der Waals surface area contributed by atoms with E-state index < -0.39 is 11.7 Å². The molecule has 0 aromatic carbocycles. The minimum Gasteiger partial charge on any atom is -0.444 e. The maximum Gasteiger partial charge on any atom is 0.407 e. The molecule has 0 spiro atoms. The Labute approximate surface area is 96.7 Å². The van der Waals surface area contributed by atoms with Crippen LogP contribution in [0.2, 0.25) is 0 Å². The van der Waals surface area contributed by atoms with Gasteiger partial charge in [0.2, 0.25) is 0 Å². The van der Waals surface area contributed by atoms with Crippen molar-refractivity contribution in [1.82, 2.24) is 5.32 Å². The molecule has 0 radical (unpaired) electrons. The number of Topliss-reactive ketones (excluding diaryl/α,β-unsaturated/α-hetero) is 1. The Morgan fingerprint density at radius 1 is 1.31 bits per heavy atom. The first-order valence-electron chi connectivity index (χ1n) is 5.73. The Kier molecular flexibility index (Phi) is 3.61. The van der Waals surface area contributed by atoms with Crippen LogP contribution in [0.15, 0.2) is 0 Å². The minimum atomic E-state index is -0.493. The largest absolute Gasteiger partial charge is 0.444 e. The average Bonchev–Trinajstić information content (AvgIpc) is 1.97. The Morgan fingerprint density at radius 2 is 1.88 bits per heavy atom. The fourth-order valence-electron chi connectivity index (χ4n) is 1.81. The second-order valence-corrected chi connectivity index (χ2v) is 5.55. The zero-order chi connectivity index (χ0) is 12.4. The minimum absolute atomic E-state index is 0.162. The van der Waals surface area contributed by atoms with Crippen LogP contribution < -0.4 is 5.32 Å². The number of hydrogen-bond donors (Lipinski definition) is 1. The van der Waals surface area contributed by atoms with Crippen molar-refractivity contribution in [2.75, 3.05) is 6.54 Å². The van der Waals surface area contributed by atoms with Gasteiger partial charge in [0, 0.05) is 12.0 Å². The van der Waals surface area contributed by atoms with Crippen LogP contribution >= 0.6 is 0 Å². The third-order valence-electron chi connectivity index (χ3n) is 3.03. The number of hydrogen-bond acceptors (Lipinski definition) is 3. The Morgan fingerprint density at radius 3 is 2.19 bits per heavy atom. The number of rotatable bonds is 3. The van der Waals surface area contributed by atoms with E-state index in [2.05, 4.69) is 5.32 Å². The highest BCUT2D eigenvalue weighted by atomic mass is 16.6. The summed E-state index contributed by atoms with van der Waals surface area (Å²) < 4.78 is 5.12. The van der Waals surface area contributed by atoms with E-state index in [9.17, 15) is 9.59 Å². The summed E-state index contributed by atoms with van der Waals surface area (Å²) in [4.78, 5) is 22.9. The molecular weight excluding hydrogens is 206 g/mol. The molecule has 1 fully saturated rings. The highest BCUT2D eigenvalue weighted by Gasteiger charge is 2.41. The number of carbonyl (C=O) groups excluding carboxylic acids is 2. The molecule has 0 saturated heterocycles. The van der Waals surface area contributed by atoms with Gasteiger partial charge in [-0.25, -0.2) is 4.79 Å². The molecule has 1 amide bonds. The van der Waals surface area contributed by atoms with Crippen LogP contribution in [0.3, 0.4) is 0 Å². The zero-order valence-corrected chi connectivity index (χ0v) is 10.6. The smallest absolute Gasteiger partial charge is 0.407 e. The van der Waals surface area contributed by atoms with E-state index in [-0.39, 0.29) is 11.2 Å². The van der Waals surface area contributed by atoms with Gasteiger partial charge < -0.3 is 10.1 Å². The molecule has 0 aromatic rings. The lowest BCUT2D eigenvalue weighted by atomic mass is 9.66. The summed E-state index contributed by atoms with van der Waals surface area (Å²) in [5.41, 5.74) is -0.815. The summed E-state index contributed by atoms with van der Waals surface area (Å²) >= 11 is 0. The van der Waals surface area contributed by atoms with E-state index in [1.165, 1.54) is 0 Å². The molecule has 0 bridgehead atoms. The van der Waals surface area contributed by atoms with Crippen LogP contribution in [0.5, 0.6) is 0 Å². The Balaban J connectivity index is 2.39. The van der Waals surface area contributed by atoms with E-state index in [0.29, 0.717) is 6.54 Å². The summed E-state index contributed by atoms with van der Waals surface area (Å²) in [5, 5.41) is 2.68. The Hall–Kier alpha value is -1.06. The normalized spacial score (nSPS) is 18.5. The predicted molar refractivity (Wildman–Crippen MR) is 61.2 cm³/mol. The van der Waals surface area contributed by atoms with Gasteiger partial charge in [-0.05, 0) is 40.5 Å². The van der Waals surface area contributed by atoms with Crippen molar-refractivity contribution in [3.8, 4) is 0 Å². The molecule has 1 aliphatic carbocycles. The van der Waals surface area contributed by atoms with E-state index >= 15 is 0 Å². The maximum atomic E-state index is 11.5.